The molecule has 5 unspecified atom stereocenters. The van der Waals surface area contributed by atoms with Crippen LogP contribution >= 0.6 is 0 Å². The van der Waals surface area contributed by atoms with Crippen molar-refractivity contribution in [1.82, 2.24) is 9.88 Å². The molecule has 1 saturated carbocycles. The summed E-state index contributed by atoms with van der Waals surface area (Å²) in [5.74, 6) is -0.348. The first kappa shape index (κ1) is 35.0. The molecule has 5 atom stereocenters. The third-order valence-electron chi connectivity index (χ3n) is 10.7. The quantitative estimate of drug-likeness (QED) is 0.119. The van der Waals surface area contributed by atoms with Gasteiger partial charge in [0.05, 0.1) is 46.0 Å². The molecule has 3 heterocycles. The zero-order chi connectivity index (χ0) is 36.5. The minimum Gasteiger partial charge on any atom is -0.508 e. The van der Waals surface area contributed by atoms with E-state index >= 15 is 0 Å². The number of phenolic OH excluding ortho intramolecular Hbond substituents is 1. The van der Waals surface area contributed by atoms with Gasteiger partial charge in [0.1, 0.15) is 24.2 Å². The zero-order valence-corrected chi connectivity index (χ0v) is 29.5. The number of methoxy groups -OCH3 is 4. The minimum atomic E-state index is -1.04. The van der Waals surface area contributed by atoms with E-state index in [1.807, 2.05) is 12.1 Å². The number of carbonyl (C=O) groups is 3. The molecule has 0 spiro atoms. The van der Waals surface area contributed by atoms with Crippen molar-refractivity contribution in [1.29, 1.82) is 0 Å². The number of piperidine rings is 1. The lowest BCUT2D eigenvalue weighted by Gasteiger charge is -2.51. The van der Waals surface area contributed by atoms with Crippen LogP contribution in [0.4, 0.5) is 4.79 Å². The van der Waals surface area contributed by atoms with Crippen molar-refractivity contribution < 1.29 is 52.6 Å². The van der Waals surface area contributed by atoms with Crippen molar-refractivity contribution in [3.63, 3.8) is 0 Å². The van der Waals surface area contributed by atoms with Crippen LogP contribution in [0.25, 0.3) is 10.9 Å². The van der Waals surface area contributed by atoms with Gasteiger partial charge in [-0.05, 0) is 85.0 Å². The van der Waals surface area contributed by atoms with Crippen molar-refractivity contribution in [3.05, 3.63) is 77.0 Å². The fourth-order valence-electron chi connectivity index (χ4n) is 8.27. The Morgan fingerprint density at radius 2 is 1.71 bits per heavy atom. The first-order valence-corrected chi connectivity index (χ1v) is 17.3. The van der Waals surface area contributed by atoms with Crippen LogP contribution in [0.15, 0.2) is 54.6 Å². The molecule has 2 aliphatic heterocycles. The summed E-state index contributed by atoms with van der Waals surface area (Å²) in [4.78, 5) is 45.7. The molecule has 1 aliphatic carbocycles. The maximum atomic E-state index is 13.6. The van der Waals surface area contributed by atoms with E-state index in [1.165, 1.54) is 62.2 Å². The van der Waals surface area contributed by atoms with Crippen LogP contribution < -0.4 is 18.9 Å². The van der Waals surface area contributed by atoms with Gasteiger partial charge in [0.15, 0.2) is 11.5 Å². The highest BCUT2D eigenvalue weighted by molar-refractivity contribution is 5.91. The molecular formula is C39H42N2O11. The summed E-state index contributed by atoms with van der Waals surface area (Å²) in [5.41, 5.74) is 4.25. The monoisotopic (exact) mass is 714 g/mol. The van der Waals surface area contributed by atoms with Crippen LogP contribution in [0.5, 0.6) is 28.7 Å². The number of aromatic hydroxyl groups is 1. The lowest BCUT2D eigenvalue weighted by Crippen LogP contribution is -2.52. The van der Waals surface area contributed by atoms with Gasteiger partial charge < -0.3 is 43.2 Å². The predicted molar refractivity (Wildman–Crippen MR) is 187 cm³/mol. The topological polar surface area (TPSA) is 155 Å². The molecular weight excluding hydrogens is 672 g/mol. The molecule has 13 nitrogen and oxygen atoms in total. The van der Waals surface area contributed by atoms with Crippen molar-refractivity contribution >= 4 is 29.0 Å². The summed E-state index contributed by atoms with van der Waals surface area (Å²) in [6.07, 6.45) is 1.07. The second kappa shape index (κ2) is 14.7. The number of benzene rings is 3. The second-order valence-corrected chi connectivity index (χ2v) is 13.5. The molecule has 0 radical (unpaired) electrons. The Balaban J connectivity index is 1.06. The fourth-order valence-corrected chi connectivity index (χ4v) is 8.27. The third kappa shape index (κ3) is 6.80. The van der Waals surface area contributed by atoms with E-state index in [9.17, 15) is 19.5 Å². The Morgan fingerprint density at radius 3 is 2.42 bits per heavy atom. The highest BCUT2D eigenvalue weighted by Crippen LogP contribution is 2.50. The first-order valence-electron chi connectivity index (χ1n) is 17.3. The van der Waals surface area contributed by atoms with Crippen molar-refractivity contribution in [3.8, 4) is 28.7 Å². The van der Waals surface area contributed by atoms with Gasteiger partial charge in [0.25, 0.3) is 0 Å². The van der Waals surface area contributed by atoms with Crippen LogP contribution in [-0.2, 0) is 32.0 Å². The Labute approximate surface area is 300 Å². The largest absolute Gasteiger partial charge is 0.514 e. The van der Waals surface area contributed by atoms with Gasteiger partial charge >= 0.3 is 18.1 Å². The number of hydrogen-bond acceptors (Lipinski definition) is 12. The van der Waals surface area contributed by atoms with E-state index in [0.29, 0.717) is 18.4 Å². The molecule has 2 N–H and O–H groups in total. The lowest BCUT2D eigenvalue weighted by atomic mass is 9.65. The van der Waals surface area contributed by atoms with Gasteiger partial charge in [0, 0.05) is 35.8 Å². The highest BCUT2D eigenvalue weighted by atomic mass is 16.7. The predicted octanol–water partition coefficient (Wildman–Crippen LogP) is 5.96. The number of phenols is 1. The van der Waals surface area contributed by atoms with E-state index in [-0.39, 0.29) is 59.0 Å². The molecule has 0 bridgehead atoms. The Hall–Kier alpha value is -5.43. The van der Waals surface area contributed by atoms with Gasteiger partial charge in [-0.2, -0.15) is 0 Å². The van der Waals surface area contributed by atoms with Crippen LogP contribution in [0.1, 0.15) is 52.5 Å². The van der Waals surface area contributed by atoms with Crippen molar-refractivity contribution in [2.45, 2.75) is 44.4 Å². The van der Waals surface area contributed by atoms with E-state index < -0.39 is 24.1 Å². The number of rotatable bonds is 9. The van der Waals surface area contributed by atoms with E-state index in [0.717, 1.165) is 37.2 Å². The summed E-state index contributed by atoms with van der Waals surface area (Å²) in [7, 11) is 5.79. The molecule has 52 heavy (non-hydrogen) atoms. The van der Waals surface area contributed by atoms with Crippen LogP contribution in [0.2, 0.25) is 0 Å². The number of carbonyl (C=O) groups excluding carboxylic acids is 3. The number of esters is 2. The average molecular weight is 715 g/mol. The van der Waals surface area contributed by atoms with Gasteiger partial charge in [-0.3, -0.25) is 9.69 Å². The number of nitrogens with one attached hydrogen (secondary N) is 1. The number of nitrogens with zero attached hydrogens (tertiary/aromatic N) is 1. The standard InChI is InChI=1S/C39H42N2O11/c1-46-25-8-9-27-28-10-11-41-19-23-13-26(16-30(38(44)49-4)29(23)18-32(41)35(28)40-31(27)17-25)51-37(43)22-14-33(47-2)36(34(15-22)48-3)52-39(45)50-20-21-6-5-7-24(42)12-21/h5-9,12,14-15,17,23,26,29-30,32,40,42H,10-11,13,16,18-20H2,1-4H3. The minimum absolute atomic E-state index is 0.0370. The summed E-state index contributed by atoms with van der Waals surface area (Å²) >= 11 is 0. The molecule has 274 valence electrons. The molecule has 1 aromatic heterocycles. The molecule has 0 amide bonds. The number of H-pyrrole nitrogens is 1. The Bertz CT molecular complexity index is 1960. The summed E-state index contributed by atoms with van der Waals surface area (Å²) in [6.45, 7) is 1.52. The normalized spacial score (nSPS) is 22.3. The smallest absolute Gasteiger partial charge is 0.508 e. The van der Waals surface area contributed by atoms with Gasteiger partial charge in [-0.1, -0.05) is 12.1 Å². The molecule has 1 saturated heterocycles. The van der Waals surface area contributed by atoms with E-state index in [1.54, 1.807) is 19.2 Å². The SMILES string of the molecule is COC(=O)C1CC(OC(=O)c2cc(OC)c(OC(=O)OCc3cccc(O)c3)c(OC)c2)CC2CN3CCc4c([nH]c5cc(OC)ccc45)C3CC21. The van der Waals surface area contributed by atoms with Crippen molar-refractivity contribution in [2.75, 3.05) is 41.5 Å². The van der Waals surface area contributed by atoms with Crippen LogP contribution in [0, 0.1) is 17.8 Å². The summed E-state index contributed by atoms with van der Waals surface area (Å²) in [6, 6.07) is 15.3. The molecule has 2 fully saturated rings. The molecule has 4 aromatic rings. The molecule has 7 rings (SSSR count). The maximum Gasteiger partial charge on any atom is 0.514 e. The van der Waals surface area contributed by atoms with Gasteiger partial charge in [-0.15, -0.1) is 0 Å². The highest BCUT2D eigenvalue weighted by Gasteiger charge is 2.49. The number of ether oxygens (including phenoxy) is 7. The maximum absolute atomic E-state index is 13.6. The van der Waals surface area contributed by atoms with Crippen molar-refractivity contribution in [2.24, 2.45) is 17.8 Å². The van der Waals surface area contributed by atoms with E-state index in [2.05, 4.69) is 16.0 Å². The zero-order valence-electron chi connectivity index (χ0n) is 29.5. The summed E-state index contributed by atoms with van der Waals surface area (Å²) in [5, 5.41) is 10.9. The van der Waals surface area contributed by atoms with E-state index in [4.69, 9.17) is 33.2 Å². The third-order valence-corrected chi connectivity index (χ3v) is 10.7. The lowest BCUT2D eigenvalue weighted by molar-refractivity contribution is -0.155. The number of aromatic nitrogens is 1. The Kier molecular flexibility index (Phi) is 9.87. The van der Waals surface area contributed by atoms with Crippen LogP contribution in [0.3, 0.4) is 0 Å². The fraction of sp³-hybridized carbons (Fsp3) is 0.410. The number of hydrogen-bond donors (Lipinski definition) is 2. The average Bonchev–Trinajstić information content (AvgIpc) is 3.54. The summed E-state index contributed by atoms with van der Waals surface area (Å²) < 4.78 is 38.4. The Morgan fingerprint density at radius 1 is 0.923 bits per heavy atom. The first-order chi connectivity index (χ1) is 25.2. The molecule has 13 heteroatoms. The molecule has 3 aromatic carbocycles. The second-order valence-electron chi connectivity index (χ2n) is 13.5. The van der Waals surface area contributed by atoms with Crippen LogP contribution in [-0.4, -0.2) is 80.7 Å². The molecule has 3 aliphatic rings. The number of aromatic amines is 1. The number of fused-ring (bicyclic) bond motifs is 6. The van der Waals surface area contributed by atoms with Gasteiger partial charge in [0.2, 0.25) is 5.75 Å². The van der Waals surface area contributed by atoms with Gasteiger partial charge in [-0.25, -0.2) is 9.59 Å².